The predicted octanol–water partition coefficient (Wildman–Crippen LogP) is 6.11. The van der Waals surface area contributed by atoms with E-state index in [0.29, 0.717) is 38.9 Å². The Hall–Kier alpha value is -3.37. The van der Waals surface area contributed by atoms with Gasteiger partial charge in [-0.15, -0.1) is 0 Å². The molecule has 0 unspecified atom stereocenters. The molecule has 1 aliphatic carbocycles. The summed E-state index contributed by atoms with van der Waals surface area (Å²) in [6.45, 7) is 11.1. The minimum Gasteiger partial charge on any atom is -0.392 e. The van der Waals surface area contributed by atoms with Gasteiger partial charge in [-0.2, -0.15) is 0 Å². The fourth-order valence-electron chi connectivity index (χ4n) is 4.23. The maximum absolute atomic E-state index is 13.4. The second kappa shape index (κ2) is 11.5. The van der Waals surface area contributed by atoms with E-state index in [-0.39, 0.29) is 30.4 Å². The highest BCUT2D eigenvalue weighted by Gasteiger charge is 2.34. The van der Waals surface area contributed by atoms with Gasteiger partial charge >= 0.3 is 0 Å². The molecule has 0 saturated carbocycles. The summed E-state index contributed by atoms with van der Waals surface area (Å²) in [6.07, 6.45) is 0.289. The molecular weight excluding hydrogens is 412 g/mol. The van der Waals surface area contributed by atoms with Gasteiger partial charge in [0, 0.05) is 27.8 Å². The zero-order valence-corrected chi connectivity index (χ0v) is 20.3. The Balaban J connectivity index is 0.000000914. The summed E-state index contributed by atoms with van der Waals surface area (Å²) in [5.41, 5.74) is 4.65. The van der Waals surface area contributed by atoms with Crippen LogP contribution in [-0.4, -0.2) is 22.5 Å². The first-order valence-corrected chi connectivity index (χ1v) is 11.5. The van der Waals surface area contributed by atoms with Crippen LogP contribution in [0.3, 0.4) is 0 Å². The number of Topliss-reactive ketones (excluding diaryl/α,β-unsaturated/α-hetero) is 1. The Morgan fingerprint density at radius 2 is 1.30 bits per heavy atom. The van der Waals surface area contributed by atoms with Crippen LogP contribution in [0.2, 0.25) is 0 Å². The van der Waals surface area contributed by atoms with Crippen molar-refractivity contribution in [2.24, 2.45) is 0 Å². The molecule has 4 heteroatoms. The zero-order valence-electron chi connectivity index (χ0n) is 20.3. The second-order valence-corrected chi connectivity index (χ2v) is 7.33. The Bertz CT molecular complexity index is 1190. The molecule has 0 aliphatic heterocycles. The van der Waals surface area contributed by atoms with Crippen LogP contribution in [0.1, 0.15) is 99.1 Å². The van der Waals surface area contributed by atoms with Crippen LogP contribution in [0.15, 0.2) is 54.6 Å². The van der Waals surface area contributed by atoms with Crippen LogP contribution in [0.5, 0.6) is 0 Å². The van der Waals surface area contributed by atoms with Crippen LogP contribution in [-0.2, 0) is 13.0 Å². The summed E-state index contributed by atoms with van der Waals surface area (Å²) in [5, 5.41) is 9.70. The number of hydrogen-bond acceptors (Lipinski definition) is 4. The lowest BCUT2D eigenvalue weighted by molar-refractivity contribution is 0.0976. The molecule has 3 aromatic carbocycles. The monoisotopic (exact) mass is 444 g/mol. The van der Waals surface area contributed by atoms with Crippen LogP contribution >= 0.6 is 0 Å². The van der Waals surface area contributed by atoms with E-state index in [9.17, 15) is 19.5 Å². The molecule has 4 nitrogen and oxygen atoms in total. The number of fused-ring (bicyclic) bond motifs is 2. The molecular formula is C29H32O4. The third-order valence-corrected chi connectivity index (χ3v) is 5.52. The fourth-order valence-corrected chi connectivity index (χ4v) is 4.23. The van der Waals surface area contributed by atoms with Crippen molar-refractivity contribution in [3.8, 4) is 0 Å². The Morgan fingerprint density at radius 1 is 0.788 bits per heavy atom. The summed E-state index contributed by atoms with van der Waals surface area (Å²) >= 11 is 0. The average Bonchev–Trinajstić information content (AvgIpc) is 2.85. The third kappa shape index (κ3) is 4.86. The number of aliphatic hydroxyl groups excluding tert-OH is 1. The molecule has 0 radical (unpaired) electrons. The number of ketones is 3. The number of carbonyl (C=O) groups excluding carboxylic acids is 3. The normalized spacial score (nSPS) is 11.4. The molecule has 172 valence electrons. The van der Waals surface area contributed by atoms with Crippen molar-refractivity contribution in [2.75, 3.05) is 0 Å². The van der Waals surface area contributed by atoms with Gasteiger partial charge < -0.3 is 5.11 Å². The van der Waals surface area contributed by atoms with Crippen LogP contribution in [0.25, 0.3) is 0 Å². The molecule has 0 saturated heterocycles. The summed E-state index contributed by atoms with van der Waals surface area (Å²) in [4.78, 5) is 39.0. The lowest BCUT2D eigenvalue weighted by Crippen LogP contribution is -2.25. The molecule has 1 aliphatic rings. The van der Waals surface area contributed by atoms with E-state index in [4.69, 9.17) is 0 Å². The molecule has 0 amide bonds. The quantitative estimate of drug-likeness (QED) is 0.386. The average molecular weight is 445 g/mol. The first-order chi connectivity index (χ1) is 15.9. The number of rotatable bonds is 4. The molecule has 0 fully saturated rings. The number of hydrogen-bond donors (Lipinski definition) is 1. The molecule has 33 heavy (non-hydrogen) atoms. The molecule has 3 aromatic rings. The molecule has 0 atom stereocenters. The minimum atomic E-state index is -0.242. The maximum Gasteiger partial charge on any atom is 0.194 e. The number of carbonyl (C=O) groups is 3. The van der Waals surface area contributed by atoms with Crippen molar-refractivity contribution in [3.63, 3.8) is 0 Å². The fraction of sp³-hybridized carbons (Fsp3) is 0.276. The van der Waals surface area contributed by atoms with Crippen molar-refractivity contribution in [3.05, 3.63) is 105 Å². The van der Waals surface area contributed by atoms with Crippen LogP contribution in [0.4, 0.5) is 0 Å². The topological polar surface area (TPSA) is 71.4 Å². The largest absolute Gasteiger partial charge is 0.392 e. The SMILES string of the molecule is CC.CC.CC(=O)c1c(C)cc2c(c1Cc1ccccc1CO)C(=O)c1ccccc1C2=O. The van der Waals surface area contributed by atoms with E-state index in [0.717, 1.165) is 11.1 Å². The van der Waals surface area contributed by atoms with Crippen molar-refractivity contribution in [1.29, 1.82) is 0 Å². The number of benzene rings is 3. The molecule has 0 bridgehead atoms. The molecule has 0 heterocycles. The zero-order chi connectivity index (χ0) is 24.7. The maximum atomic E-state index is 13.4. The van der Waals surface area contributed by atoms with Gasteiger partial charge in [0.25, 0.3) is 0 Å². The van der Waals surface area contributed by atoms with Gasteiger partial charge in [0.05, 0.1) is 6.61 Å². The first-order valence-electron chi connectivity index (χ1n) is 11.5. The van der Waals surface area contributed by atoms with Crippen LogP contribution in [0, 0.1) is 6.92 Å². The minimum absolute atomic E-state index is 0.144. The van der Waals surface area contributed by atoms with Gasteiger partial charge in [-0.25, -0.2) is 0 Å². The molecule has 0 aromatic heterocycles. The van der Waals surface area contributed by atoms with Crippen LogP contribution < -0.4 is 0 Å². The van der Waals surface area contributed by atoms with E-state index >= 15 is 0 Å². The van der Waals surface area contributed by atoms with Gasteiger partial charge in [0.2, 0.25) is 0 Å². The highest BCUT2D eigenvalue weighted by molar-refractivity contribution is 6.29. The Morgan fingerprint density at radius 3 is 1.85 bits per heavy atom. The molecule has 1 N–H and O–H groups in total. The smallest absolute Gasteiger partial charge is 0.194 e. The summed E-state index contributed by atoms with van der Waals surface area (Å²) < 4.78 is 0. The molecule has 4 rings (SSSR count). The number of aliphatic hydroxyl groups is 1. The number of aryl methyl sites for hydroxylation is 1. The summed E-state index contributed by atoms with van der Waals surface area (Å²) in [6, 6.07) is 15.8. The van der Waals surface area contributed by atoms with Gasteiger partial charge in [-0.05, 0) is 48.6 Å². The second-order valence-electron chi connectivity index (χ2n) is 7.33. The van der Waals surface area contributed by atoms with Gasteiger partial charge in [-0.1, -0.05) is 76.2 Å². The lowest BCUT2D eigenvalue weighted by atomic mass is 9.77. The van der Waals surface area contributed by atoms with E-state index in [1.165, 1.54) is 6.92 Å². The van der Waals surface area contributed by atoms with E-state index in [1.807, 2.05) is 52.0 Å². The highest BCUT2D eigenvalue weighted by atomic mass is 16.3. The van der Waals surface area contributed by atoms with E-state index in [1.54, 1.807) is 37.3 Å². The highest BCUT2D eigenvalue weighted by Crippen LogP contribution is 2.34. The van der Waals surface area contributed by atoms with Crippen molar-refractivity contribution in [2.45, 2.75) is 54.6 Å². The summed E-state index contributed by atoms with van der Waals surface area (Å²) in [5.74, 6) is -0.597. The van der Waals surface area contributed by atoms with Crippen molar-refractivity contribution >= 4 is 17.3 Å². The van der Waals surface area contributed by atoms with Crippen molar-refractivity contribution < 1.29 is 19.5 Å². The van der Waals surface area contributed by atoms with Crippen molar-refractivity contribution in [1.82, 2.24) is 0 Å². The first kappa shape index (κ1) is 25.9. The Labute approximate surface area is 196 Å². The Kier molecular flexibility index (Phi) is 9.01. The predicted molar refractivity (Wildman–Crippen MR) is 132 cm³/mol. The summed E-state index contributed by atoms with van der Waals surface area (Å²) in [7, 11) is 0. The molecule has 0 spiro atoms. The lowest BCUT2D eigenvalue weighted by Gasteiger charge is -2.24. The van der Waals surface area contributed by atoms with Gasteiger partial charge in [0.15, 0.2) is 17.3 Å². The van der Waals surface area contributed by atoms with E-state index < -0.39 is 0 Å². The van der Waals surface area contributed by atoms with E-state index in [2.05, 4.69) is 0 Å². The van der Waals surface area contributed by atoms with Gasteiger partial charge in [0.1, 0.15) is 0 Å². The third-order valence-electron chi connectivity index (χ3n) is 5.52. The van der Waals surface area contributed by atoms with Gasteiger partial charge in [-0.3, -0.25) is 14.4 Å². The standard InChI is InChI=1S/C25H20O4.2C2H6/c1-14-11-21-23(25(29)19-10-6-5-9-18(19)24(21)28)20(22(14)15(2)27)12-16-7-3-4-8-17(16)13-26;2*1-2/h3-11,26H,12-13H2,1-2H3;2*1-2H3.